The van der Waals surface area contributed by atoms with Crippen LogP contribution >= 0.6 is 0 Å². The second-order valence-corrected chi connectivity index (χ2v) is 9.56. The van der Waals surface area contributed by atoms with Gasteiger partial charge in [-0.2, -0.15) is 0 Å². The molecule has 0 aromatic heterocycles. The minimum Gasteiger partial charge on any atom is -0.399 e. The van der Waals surface area contributed by atoms with E-state index in [0.29, 0.717) is 13.1 Å². The van der Waals surface area contributed by atoms with Crippen LogP contribution in [0.3, 0.4) is 0 Å². The molecule has 2 aromatic rings. The molecule has 32 heavy (non-hydrogen) atoms. The van der Waals surface area contributed by atoms with Crippen LogP contribution in [0.25, 0.3) is 0 Å². The molecule has 6 N–H and O–H groups in total. The average molecular weight is 435 g/mol. The molecule has 3 aliphatic rings. The average Bonchev–Trinajstić information content (AvgIpc) is 2.82. The Labute approximate surface area is 190 Å². The summed E-state index contributed by atoms with van der Waals surface area (Å²) in [5.41, 5.74) is 14.7. The molecule has 170 valence electrons. The van der Waals surface area contributed by atoms with Crippen molar-refractivity contribution in [2.45, 2.75) is 51.4 Å². The number of fused-ring (bicyclic) bond motifs is 3. The summed E-state index contributed by atoms with van der Waals surface area (Å²) in [6.07, 6.45) is 6.37. The largest absolute Gasteiger partial charge is 0.399 e. The number of benzene rings is 2. The van der Waals surface area contributed by atoms with Gasteiger partial charge in [-0.15, -0.1) is 0 Å². The molecular weight excluding hydrogens is 400 g/mol. The van der Waals surface area contributed by atoms with E-state index < -0.39 is 0 Å². The van der Waals surface area contributed by atoms with Gasteiger partial charge in [-0.25, -0.2) is 0 Å². The third kappa shape index (κ3) is 4.74. The van der Waals surface area contributed by atoms with E-state index in [1.54, 1.807) is 0 Å². The number of nitrogen functional groups attached to an aromatic ring is 2. The van der Waals surface area contributed by atoms with Crippen LogP contribution in [0, 0.1) is 10.8 Å². The summed E-state index contributed by atoms with van der Waals surface area (Å²) in [6.45, 7) is 1.25. The highest BCUT2D eigenvalue weighted by molar-refractivity contribution is 5.87. The first kappa shape index (κ1) is 22.2. The van der Waals surface area contributed by atoms with E-state index in [0.717, 1.165) is 62.7 Å². The summed E-state index contributed by atoms with van der Waals surface area (Å²) >= 11 is 0. The molecular formula is C26H34N4O2. The van der Waals surface area contributed by atoms with E-state index in [-0.39, 0.29) is 22.6 Å². The molecule has 6 heteroatoms. The zero-order valence-corrected chi connectivity index (χ0v) is 18.7. The molecule has 0 spiro atoms. The minimum atomic E-state index is -0.298. The second kappa shape index (κ2) is 9.23. The number of anilines is 2. The Hall–Kier alpha value is -3.02. The molecule has 0 aliphatic heterocycles. The van der Waals surface area contributed by atoms with Gasteiger partial charge in [-0.1, -0.05) is 24.3 Å². The van der Waals surface area contributed by atoms with Crippen LogP contribution in [0.4, 0.5) is 11.4 Å². The van der Waals surface area contributed by atoms with Gasteiger partial charge >= 0.3 is 0 Å². The van der Waals surface area contributed by atoms with Gasteiger partial charge in [-0.3, -0.25) is 9.59 Å². The molecule has 0 radical (unpaired) electrons. The third-order valence-electron chi connectivity index (χ3n) is 7.57. The lowest BCUT2D eigenvalue weighted by Gasteiger charge is -2.51. The molecule has 2 bridgehead atoms. The number of amides is 2. The Morgan fingerprint density at radius 1 is 0.625 bits per heavy atom. The SMILES string of the molecule is Nc1ccc(CCNC(=O)C23CCC(C(=O)NCCc4ccc(N)cc4)(CC2)CC3)cc1. The number of hydrogen-bond acceptors (Lipinski definition) is 4. The van der Waals surface area contributed by atoms with Crippen LogP contribution in [0.15, 0.2) is 48.5 Å². The second-order valence-electron chi connectivity index (χ2n) is 9.56. The fourth-order valence-corrected chi connectivity index (χ4v) is 5.25. The molecule has 0 unspecified atom stereocenters. The first-order valence-electron chi connectivity index (χ1n) is 11.7. The van der Waals surface area contributed by atoms with Crippen LogP contribution in [-0.2, 0) is 22.4 Å². The highest BCUT2D eigenvalue weighted by Crippen LogP contribution is 2.57. The van der Waals surface area contributed by atoms with Crippen LogP contribution in [0.5, 0.6) is 0 Å². The summed E-state index contributed by atoms with van der Waals surface area (Å²) in [6, 6.07) is 15.6. The van der Waals surface area contributed by atoms with Crippen molar-refractivity contribution in [3.8, 4) is 0 Å². The number of nitrogens with one attached hydrogen (secondary N) is 2. The van der Waals surface area contributed by atoms with E-state index in [1.807, 2.05) is 48.5 Å². The topological polar surface area (TPSA) is 110 Å². The Kier molecular flexibility index (Phi) is 6.40. The molecule has 2 amide bonds. The molecule has 3 fully saturated rings. The van der Waals surface area contributed by atoms with Gasteiger partial charge in [-0.05, 0) is 86.8 Å². The standard InChI is InChI=1S/C26H34N4O2/c27-21-5-1-19(2-6-21)9-17-29-23(31)25-11-14-26(15-12-25,16-13-25)24(32)30-18-10-20-3-7-22(28)8-4-20/h1-8H,9-18,27-28H2,(H,29,31)(H,30,32). The molecule has 0 atom stereocenters. The van der Waals surface area contributed by atoms with Gasteiger partial charge < -0.3 is 22.1 Å². The number of hydrogen-bond donors (Lipinski definition) is 4. The Balaban J connectivity index is 1.23. The molecule has 6 nitrogen and oxygen atoms in total. The van der Waals surface area contributed by atoms with Crippen molar-refractivity contribution in [3.05, 3.63) is 59.7 Å². The van der Waals surface area contributed by atoms with Gasteiger partial charge in [0.25, 0.3) is 0 Å². The van der Waals surface area contributed by atoms with Crippen LogP contribution < -0.4 is 22.1 Å². The summed E-state index contributed by atoms with van der Waals surface area (Å²) in [5.74, 6) is 0.315. The molecule has 0 saturated heterocycles. The van der Waals surface area contributed by atoms with E-state index in [1.165, 1.54) is 11.1 Å². The van der Waals surface area contributed by atoms with Crippen molar-refractivity contribution in [2.75, 3.05) is 24.6 Å². The predicted octanol–water partition coefficient (Wildman–Crippen LogP) is 3.21. The lowest BCUT2D eigenvalue weighted by Crippen LogP contribution is -2.55. The van der Waals surface area contributed by atoms with E-state index in [9.17, 15) is 9.59 Å². The van der Waals surface area contributed by atoms with Crippen molar-refractivity contribution in [1.29, 1.82) is 0 Å². The quantitative estimate of drug-likeness (QED) is 0.478. The third-order valence-corrected chi connectivity index (χ3v) is 7.57. The van der Waals surface area contributed by atoms with E-state index >= 15 is 0 Å². The van der Waals surface area contributed by atoms with Crippen molar-refractivity contribution in [3.63, 3.8) is 0 Å². The summed E-state index contributed by atoms with van der Waals surface area (Å²) < 4.78 is 0. The lowest BCUT2D eigenvalue weighted by atomic mass is 9.53. The minimum absolute atomic E-state index is 0.157. The maximum atomic E-state index is 13.0. The summed E-state index contributed by atoms with van der Waals surface area (Å²) in [4.78, 5) is 26.0. The molecule has 3 aliphatic carbocycles. The van der Waals surface area contributed by atoms with Crippen LogP contribution in [0.1, 0.15) is 49.7 Å². The molecule has 5 rings (SSSR count). The maximum Gasteiger partial charge on any atom is 0.226 e. The normalized spacial score (nSPS) is 24.1. The van der Waals surface area contributed by atoms with Crippen molar-refractivity contribution in [1.82, 2.24) is 10.6 Å². The van der Waals surface area contributed by atoms with E-state index in [4.69, 9.17) is 11.5 Å². The van der Waals surface area contributed by atoms with E-state index in [2.05, 4.69) is 10.6 Å². The first-order valence-corrected chi connectivity index (χ1v) is 11.7. The number of carbonyl (C=O) groups is 2. The Morgan fingerprint density at radius 3 is 1.25 bits per heavy atom. The molecule has 0 heterocycles. The van der Waals surface area contributed by atoms with Crippen molar-refractivity contribution >= 4 is 23.2 Å². The number of nitrogens with two attached hydrogens (primary N) is 2. The van der Waals surface area contributed by atoms with Gasteiger partial charge in [0.1, 0.15) is 0 Å². The van der Waals surface area contributed by atoms with Crippen LogP contribution in [0.2, 0.25) is 0 Å². The fraction of sp³-hybridized carbons (Fsp3) is 0.462. The number of carbonyl (C=O) groups excluding carboxylic acids is 2. The van der Waals surface area contributed by atoms with Crippen molar-refractivity contribution < 1.29 is 9.59 Å². The summed E-state index contributed by atoms with van der Waals surface area (Å²) in [7, 11) is 0. The van der Waals surface area contributed by atoms with Crippen molar-refractivity contribution in [2.24, 2.45) is 10.8 Å². The first-order chi connectivity index (χ1) is 15.4. The van der Waals surface area contributed by atoms with Gasteiger partial charge in [0.05, 0.1) is 0 Å². The molecule has 2 aromatic carbocycles. The fourth-order valence-electron chi connectivity index (χ4n) is 5.25. The lowest BCUT2D eigenvalue weighted by molar-refractivity contribution is -0.150. The Bertz CT molecular complexity index is 849. The van der Waals surface area contributed by atoms with Gasteiger partial charge in [0, 0.05) is 35.3 Å². The Morgan fingerprint density at radius 2 is 0.938 bits per heavy atom. The predicted molar refractivity (Wildman–Crippen MR) is 128 cm³/mol. The highest BCUT2D eigenvalue weighted by Gasteiger charge is 2.55. The van der Waals surface area contributed by atoms with Crippen LogP contribution in [-0.4, -0.2) is 24.9 Å². The van der Waals surface area contributed by atoms with Gasteiger partial charge in [0.2, 0.25) is 11.8 Å². The maximum absolute atomic E-state index is 13.0. The summed E-state index contributed by atoms with van der Waals surface area (Å²) in [5, 5.41) is 6.30. The zero-order valence-electron chi connectivity index (χ0n) is 18.7. The molecule has 3 saturated carbocycles. The van der Waals surface area contributed by atoms with Gasteiger partial charge in [0.15, 0.2) is 0 Å². The smallest absolute Gasteiger partial charge is 0.226 e. The number of rotatable bonds is 8. The monoisotopic (exact) mass is 434 g/mol. The zero-order chi connectivity index (χ0) is 22.6. The highest BCUT2D eigenvalue weighted by atomic mass is 16.2.